The Bertz CT molecular complexity index is 702. The van der Waals surface area contributed by atoms with Crippen molar-refractivity contribution in [2.24, 2.45) is 5.41 Å². The van der Waals surface area contributed by atoms with E-state index in [0.717, 1.165) is 5.56 Å². The number of carbonyl (C=O) groups is 3. The third-order valence-corrected chi connectivity index (χ3v) is 3.65. The molecule has 0 aromatic heterocycles. The molecule has 7 heteroatoms. The Hall–Kier alpha value is -2.57. The van der Waals surface area contributed by atoms with Crippen LogP contribution in [-0.4, -0.2) is 42.0 Å². The lowest BCUT2D eigenvalue weighted by Gasteiger charge is -2.24. The molecule has 0 aliphatic rings. The van der Waals surface area contributed by atoms with Gasteiger partial charge in [0.2, 0.25) is 11.8 Å². The Labute approximate surface area is 167 Å². The molecule has 0 spiro atoms. The predicted octanol–water partition coefficient (Wildman–Crippen LogP) is 3.54. The van der Waals surface area contributed by atoms with E-state index >= 15 is 0 Å². The van der Waals surface area contributed by atoms with Crippen molar-refractivity contribution in [3.63, 3.8) is 0 Å². The molecule has 0 fully saturated rings. The Morgan fingerprint density at radius 2 is 1.71 bits per heavy atom. The molecular formula is C21H33N3O4. The number of hydrogen-bond acceptors (Lipinski definition) is 4. The summed E-state index contributed by atoms with van der Waals surface area (Å²) in [6, 6.07) is 7.28. The van der Waals surface area contributed by atoms with Crippen molar-refractivity contribution in [3.8, 4) is 0 Å². The highest BCUT2D eigenvalue weighted by Gasteiger charge is 2.21. The minimum absolute atomic E-state index is 0.0903. The summed E-state index contributed by atoms with van der Waals surface area (Å²) in [5.41, 5.74) is 0.476. The first-order chi connectivity index (χ1) is 12.8. The third kappa shape index (κ3) is 8.88. The zero-order valence-corrected chi connectivity index (χ0v) is 18.0. The molecule has 7 nitrogen and oxygen atoms in total. The van der Waals surface area contributed by atoms with Crippen LogP contribution < -0.4 is 10.6 Å². The largest absolute Gasteiger partial charge is 0.444 e. The van der Waals surface area contributed by atoms with Gasteiger partial charge in [0.15, 0.2) is 0 Å². The van der Waals surface area contributed by atoms with Crippen LogP contribution in [0, 0.1) is 5.41 Å². The number of benzene rings is 1. The lowest BCUT2D eigenvalue weighted by Crippen LogP contribution is -2.36. The average Bonchev–Trinajstić information content (AvgIpc) is 2.52. The van der Waals surface area contributed by atoms with Crippen molar-refractivity contribution in [2.75, 3.05) is 18.9 Å². The standard InChI is InChI=1S/C21H33N3O4/c1-20(2,3)18(26)22-12-11-17(25)23-16-10-8-9-15(13-16)14-24(7)19(27)28-21(4,5)6/h8-10,13H,11-12,14H2,1-7H3,(H,22,26)(H,23,25). The number of nitrogens with one attached hydrogen (secondary N) is 2. The number of hydrogen-bond donors (Lipinski definition) is 2. The van der Waals surface area contributed by atoms with E-state index in [1.165, 1.54) is 4.90 Å². The van der Waals surface area contributed by atoms with Gasteiger partial charge < -0.3 is 20.3 Å². The Morgan fingerprint density at radius 1 is 1.07 bits per heavy atom. The summed E-state index contributed by atoms with van der Waals surface area (Å²) in [5.74, 6) is -0.278. The zero-order chi connectivity index (χ0) is 21.5. The van der Waals surface area contributed by atoms with Gasteiger partial charge in [-0.3, -0.25) is 9.59 Å². The molecule has 0 aliphatic carbocycles. The fourth-order valence-corrected chi connectivity index (χ4v) is 2.20. The maximum atomic E-state index is 12.1. The summed E-state index contributed by atoms with van der Waals surface area (Å²) in [6.45, 7) is 11.6. The smallest absolute Gasteiger partial charge is 0.410 e. The second-order valence-corrected chi connectivity index (χ2v) is 8.84. The van der Waals surface area contributed by atoms with Crippen molar-refractivity contribution in [2.45, 2.75) is 60.1 Å². The summed E-state index contributed by atoms with van der Waals surface area (Å²) in [6.07, 6.45) is -0.222. The zero-order valence-electron chi connectivity index (χ0n) is 18.0. The summed E-state index contributed by atoms with van der Waals surface area (Å²) in [7, 11) is 1.66. The number of ether oxygens (including phenoxy) is 1. The van der Waals surface area contributed by atoms with Crippen LogP contribution in [0.15, 0.2) is 24.3 Å². The molecule has 1 rings (SSSR count). The van der Waals surface area contributed by atoms with Gasteiger partial charge in [-0.2, -0.15) is 0 Å². The van der Waals surface area contributed by atoms with E-state index in [4.69, 9.17) is 4.74 Å². The van der Waals surface area contributed by atoms with Gasteiger partial charge in [-0.15, -0.1) is 0 Å². The second kappa shape index (κ2) is 9.57. The van der Waals surface area contributed by atoms with E-state index < -0.39 is 17.1 Å². The molecule has 0 saturated heterocycles. The van der Waals surface area contributed by atoms with Crippen molar-refractivity contribution in [1.82, 2.24) is 10.2 Å². The lowest BCUT2D eigenvalue weighted by molar-refractivity contribution is -0.128. The predicted molar refractivity (Wildman–Crippen MR) is 110 cm³/mol. The normalized spacial score (nSPS) is 11.5. The van der Waals surface area contributed by atoms with Gasteiger partial charge in [0.1, 0.15) is 5.60 Å². The van der Waals surface area contributed by atoms with Gasteiger partial charge in [-0.05, 0) is 38.5 Å². The first-order valence-electron chi connectivity index (χ1n) is 9.39. The number of carbonyl (C=O) groups excluding carboxylic acids is 3. The maximum absolute atomic E-state index is 12.1. The molecule has 0 atom stereocenters. The summed E-state index contributed by atoms with van der Waals surface area (Å²) < 4.78 is 5.34. The maximum Gasteiger partial charge on any atom is 0.410 e. The summed E-state index contributed by atoms with van der Waals surface area (Å²) in [4.78, 5) is 37.5. The van der Waals surface area contributed by atoms with E-state index in [1.54, 1.807) is 13.1 Å². The van der Waals surface area contributed by atoms with Crippen LogP contribution in [0.2, 0.25) is 0 Å². The topological polar surface area (TPSA) is 87.7 Å². The van der Waals surface area contributed by atoms with Crippen molar-refractivity contribution in [3.05, 3.63) is 29.8 Å². The molecule has 0 radical (unpaired) electrons. The van der Waals surface area contributed by atoms with Gasteiger partial charge in [0, 0.05) is 37.7 Å². The monoisotopic (exact) mass is 391 g/mol. The molecular weight excluding hydrogens is 358 g/mol. The Kier molecular flexibility index (Phi) is 8.02. The fraction of sp³-hybridized carbons (Fsp3) is 0.571. The van der Waals surface area contributed by atoms with Gasteiger partial charge >= 0.3 is 6.09 Å². The van der Waals surface area contributed by atoms with Gasteiger partial charge in [0.25, 0.3) is 0 Å². The molecule has 3 amide bonds. The summed E-state index contributed by atoms with van der Waals surface area (Å²) >= 11 is 0. The molecule has 1 aromatic carbocycles. The molecule has 0 heterocycles. The second-order valence-electron chi connectivity index (χ2n) is 8.84. The number of anilines is 1. The van der Waals surface area contributed by atoms with E-state index in [9.17, 15) is 14.4 Å². The molecule has 0 bridgehead atoms. The van der Waals surface area contributed by atoms with Crippen molar-refractivity contribution < 1.29 is 19.1 Å². The van der Waals surface area contributed by atoms with Crippen LogP contribution in [0.4, 0.5) is 10.5 Å². The van der Waals surface area contributed by atoms with Crippen LogP contribution in [0.25, 0.3) is 0 Å². The van der Waals surface area contributed by atoms with Gasteiger partial charge in [-0.25, -0.2) is 4.79 Å². The minimum Gasteiger partial charge on any atom is -0.444 e. The van der Waals surface area contributed by atoms with Crippen molar-refractivity contribution in [1.29, 1.82) is 0 Å². The number of nitrogens with zero attached hydrogens (tertiary/aromatic N) is 1. The average molecular weight is 392 g/mol. The SMILES string of the molecule is CN(Cc1cccc(NC(=O)CCNC(=O)C(C)(C)C)c1)C(=O)OC(C)(C)C. The quantitative estimate of drug-likeness (QED) is 0.776. The summed E-state index contributed by atoms with van der Waals surface area (Å²) in [5, 5.41) is 5.56. The third-order valence-electron chi connectivity index (χ3n) is 3.65. The first kappa shape index (κ1) is 23.5. The number of amides is 3. The highest BCUT2D eigenvalue weighted by atomic mass is 16.6. The molecule has 2 N–H and O–H groups in total. The van der Waals surface area contributed by atoms with E-state index in [0.29, 0.717) is 12.2 Å². The molecule has 1 aromatic rings. The van der Waals surface area contributed by atoms with E-state index in [-0.39, 0.29) is 24.8 Å². The molecule has 0 saturated carbocycles. The Balaban J connectivity index is 2.55. The molecule has 0 unspecified atom stereocenters. The number of rotatable bonds is 6. The van der Waals surface area contributed by atoms with Crippen LogP contribution >= 0.6 is 0 Å². The van der Waals surface area contributed by atoms with Crippen molar-refractivity contribution >= 4 is 23.6 Å². The Morgan fingerprint density at radius 3 is 2.29 bits per heavy atom. The van der Waals surface area contributed by atoms with E-state index in [2.05, 4.69) is 10.6 Å². The fourth-order valence-electron chi connectivity index (χ4n) is 2.20. The highest BCUT2D eigenvalue weighted by molar-refractivity contribution is 5.91. The molecule has 0 aliphatic heterocycles. The molecule has 28 heavy (non-hydrogen) atoms. The van der Waals surface area contributed by atoms with Gasteiger partial charge in [-0.1, -0.05) is 32.9 Å². The van der Waals surface area contributed by atoms with Crippen LogP contribution in [0.5, 0.6) is 0 Å². The van der Waals surface area contributed by atoms with Crippen LogP contribution in [0.3, 0.4) is 0 Å². The lowest BCUT2D eigenvalue weighted by atomic mass is 9.96. The van der Waals surface area contributed by atoms with Crippen LogP contribution in [-0.2, 0) is 20.9 Å². The minimum atomic E-state index is -0.552. The van der Waals surface area contributed by atoms with Crippen LogP contribution in [0.1, 0.15) is 53.5 Å². The van der Waals surface area contributed by atoms with E-state index in [1.807, 2.05) is 59.7 Å². The molecule has 156 valence electrons. The highest BCUT2D eigenvalue weighted by Crippen LogP contribution is 2.15. The van der Waals surface area contributed by atoms with Gasteiger partial charge in [0.05, 0.1) is 0 Å². The first-order valence-corrected chi connectivity index (χ1v) is 9.39.